The van der Waals surface area contributed by atoms with Crippen LogP contribution in [0.25, 0.3) is 11.0 Å². The molecule has 0 aliphatic carbocycles. The Labute approximate surface area is 121 Å². The van der Waals surface area contributed by atoms with Crippen LogP contribution in [0.3, 0.4) is 0 Å². The van der Waals surface area contributed by atoms with Crippen molar-refractivity contribution in [3.63, 3.8) is 0 Å². The van der Waals surface area contributed by atoms with Crippen LogP contribution in [-0.4, -0.2) is 9.97 Å². The highest BCUT2D eigenvalue weighted by Crippen LogP contribution is 2.34. The number of nitrogens with one attached hydrogen (secondary N) is 1. The van der Waals surface area contributed by atoms with Crippen LogP contribution in [0.15, 0.2) is 6.33 Å². The second-order valence-corrected chi connectivity index (χ2v) is 6.00. The van der Waals surface area contributed by atoms with Crippen molar-refractivity contribution in [3.8, 4) is 0 Å². The molecule has 1 aromatic carbocycles. The topological polar surface area (TPSA) is 28.7 Å². The van der Waals surface area contributed by atoms with E-state index in [0.29, 0.717) is 0 Å². The van der Waals surface area contributed by atoms with Gasteiger partial charge in [-0.15, -0.1) is 0 Å². The van der Waals surface area contributed by atoms with Crippen molar-refractivity contribution in [1.29, 1.82) is 0 Å². The van der Waals surface area contributed by atoms with E-state index in [1.165, 1.54) is 0 Å². The van der Waals surface area contributed by atoms with Gasteiger partial charge in [-0.3, -0.25) is 0 Å². The summed E-state index contributed by atoms with van der Waals surface area (Å²) in [6, 6.07) is 0. The number of nitrogens with zero attached hydrogens (tertiary/aromatic N) is 1. The fourth-order valence-corrected chi connectivity index (χ4v) is 3.78. The van der Waals surface area contributed by atoms with E-state index >= 15 is 0 Å². The zero-order chi connectivity index (χ0) is 9.59. The van der Waals surface area contributed by atoms with E-state index in [9.17, 15) is 0 Å². The fourth-order valence-electron chi connectivity index (χ4n) is 1.03. The number of H-pyrrole nitrogens is 1. The SMILES string of the molecule is Clc1c(I)c(I)c2nc[nH]c2c1I. The molecular weight excluding hydrogens is 528 g/mol. The number of hydrogen-bond acceptors (Lipinski definition) is 1. The summed E-state index contributed by atoms with van der Waals surface area (Å²) in [4.78, 5) is 7.34. The molecule has 0 unspecified atom stereocenters. The Morgan fingerprint density at radius 2 is 1.85 bits per heavy atom. The van der Waals surface area contributed by atoms with Gasteiger partial charge >= 0.3 is 0 Å². The lowest BCUT2D eigenvalue weighted by Gasteiger charge is -2.03. The van der Waals surface area contributed by atoms with Gasteiger partial charge in [-0.2, -0.15) is 0 Å². The molecular formula is C7H2ClI3N2. The minimum absolute atomic E-state index is 0.808. The molecule has 0 spiro atoms. The average Bonchev–Trinajstić information content (AvgIpc) is 2.59. The number of benzene rings is 1. The summed E-state index contributed by atoms with van der Waals surface area (Å²) in [5.74, 6) is 0. The van der Waals surface area contributed by atoms with Crippen LogP contribution >= 0.6 is 79.4 Å². The van der Waals surface area contributed by atoms with Crippen molar-refractivity contribution in [2.24, 2.45) is 0 Å². The molecule has 0 saturated carbocycles. The number of aromatic amines is 1. The number of halogens is 4. The molecule has 2 aromatic rings. The third kappa shape index (κ3) is 1.69. The summed E-state index contributed by atoms with van der Waals surface area (Å²) < 4.78 is 3.22. The molecule has 0 amide bonds. The molecule has 13 heavy (non-hydrogen) atoms. The summed E-state index contributed by atoms with van der Waals surface area (Å²) in [6.45, 7) is 0. The monoisotopic (exact) mass is 530 g/mol. The molecule has 2 nitrogen and oxygen atoms in total. The molecule has 6 heteroatoms. The number of fused-ring (bicyclic) bond motifs is 1. The maximum absolute atomic E-state index is 6.15. The summed E-state index contributed by atoms with van der Waals surface area (Å²) in [5.41, 5.74) is 2.02. The third-order valence-corrected chi connectivity index (χ3v) is 6.90. The Balaban J connectivity index is 3.02. The highest BCUT2D eigenvalue weighted by Gasteiger charge is 2.14. The predicted octanol–water partition coefficient (Wildman–Crippen LogP) is 4.03. The highest BCUT2D eigenvalue weighted by molar-refractivity contribution is 14.1. The Bertz CT molecular complexity index is 438. The largest absolute Gasteiger partial charge is 0.344 e. The van der Waals surface area contributed by atoms with Crippen molar-refractivity contribution >= 4 is 90.4 Å². The Hall–Kier alpha value is 1.17. The summed E-state index contributed by atoms with van der Waals surface area (Å²) in [6.07, 6.45) is 1.70. The van der Waals surface area contributed by atoms with Gasteiger partial charge in [0.05, 0.1) is 24.0 Å². The van der Waals surface area contributed by atoms with E-state index in [-0.39, 0.29) is 0 Å². The zero-order valence-corrected chi connectivity index (χ0v) is 13.3. The highest BCUT2D eigenvalue weighted by atomic mass is 127. The summed E-state index contributed by atoms with van der Waals surface area (Å²) >= 11 is 12.9. The van der Waals surface area contributed by atoms with Crippen molar-refractivity contribution in [3.05, 3.63) is 22.1 Å². The van der Waals surface area contributed by atoms with Gasteiger partial charge in [-0.05, 0) is 67.8 Å². The van der Waals surface area contributed by atoms with Crippen LogP contribution in [0.4, 0.5) is 0 Å². The van der Waals surface area contributed by atoms with Crippen LogP contribution in [0, 0.1) is 10.7 Å². The molecule has 0 aliphatic rings. The number of rotatable bonds is 0. The van der Waals surface area contributed by atoms with Crippen LogP contribution in [0.2, 0.25) is 5.02 Å². The van der Waals surface area contributed by atoms with E-state index in [1.807, 2.05) is 0 Å². The lowest BCUT2D eigenvalue weighted by Crippen LogP contribution is -1.89. The van der Waals surface area contributed by atoms with Gasteiger partial charge in [0.15, 0.2) is 0 Å². The fraction of sp³-hybridized carbons (Fsp3) is 0. The van der Waals surface area contributed by atoms with Crippen LogP contribution in [0.5, 0.6) is 0 Å². The first-order valence-corrected chi connectivity index (χ1v) is 6.89. The molecule has 1 N–H and O–H groups in total. The third-order valence-electron chi connectivity index (χ3n) is 1.64. The standard InChI is InChI=1S/C7H2ClI3N2/c8-2-3(9)5(11)7-6(4(2)10)12-1-13-7/h1H,(H,12,13). The second-order valence-electron chi connectivity index (χ2n) is 2.38. The van der Waals surface area contributed by atoms with E-state index < -0.39 is 0 Å². The van der Waals surface area contributed by atoms with Crippen LogP contribution in [0.1, 0.15) is 0 Å². The zero-order valence-electron chi connectivity index (χ0n) is 6.04. The lowest BCUT2D eigenvalue weighted by molar-refractivity contribution is 1.34. The minimum atomic E-state index is 0.808. The molecule has 2 rings (SSSR count). The first-order chi connectivity index (χ1) is 6.13. The average molecular weight is 530 g/mol. The van der Waals surface area contributed by atoms with E-state index in [2.05, 4.69) is 77.7 Å². The molecule has 0 aliphatic heterocycles. The van der Waals surface area contributed by atoms with Gasteiger partial charge in [0, 0.05) is 3.57 Å². The maximum atomic E-state index is 6.15. The normalized spacial score (nSPS) is 11.1. The number of hydrogen-bond donors (Lipinski definition) is 1. The van der Waals surface area contributed by atoms with Gasteiger partial charge in [-0.25, -0.2) is 4.98 Å². The van der Waals surface area contributed by atoms with Gasteiger partial charge in [0.2, 0.25) is 0 Å². The summed E-state index contributed by atoms with van der Waals surface area (Å²) in [7, 11) is 0. The van der Waals surface area contributed by atoms with Crippen molar-refractivity contribution < 1.29 is 0 Å². The molecule has 1 heterocycles. The van der Waals surface area contributed by atoms with Crippen LogP contribution in [-0.2, 0) is 0 Å². The minimum Gasteiger partial charge on any atom is -0.344 e. The second kappa shape index (κ2) is 3.97. The van der Waals surface area contributed by atoms with Crippen molar-refractivity contribution in [1.82, 2.24) is 9.97 Å². The molecule has 1 aromatic heterocycles. The molecule has 68 valence electrons. The molecule has 0 radical (unpaired) electrons. The first-order valence-electron chi connectivity index (χ1n) is 3.28. The van der Waals surface area contributed by atoms with E-state index in [4.69, 9.17) is 11.6 Å². The number of aromatic nitrogens is 2. The lowest BCUT2D eigenvalue weighted by atomic mass is 10.3. The van der Waals surface area contributed by atoms with Gasteiger partial charge in [-0.1, -0.05) is 11.6 Å². The molecule has 0 bridgehead atoms. The maximum Gasteiger partial charge on any atom is 0.104 e. The van der Waals surface area contributed by atoms with Gasteiger partial charge in [0.1, 0.15) is 5.52 Å². The summed E-state index contributed by atoms with van der Waals surface area (Å²) in [5, 5.41) is 0.808. The van der Waals surface area contributed by atoms with E-state index in [0.717, 1.165) is 26.8 Å². The molecule has 0 atom stereocenters. The quantitative estimate of drug-likeness (QED) is 0.311. The number of imidazole rings is 1. The van der Waals surface area contributed by atoms with Crippen molar-refractivity contribution in [2.45, 2.75) is 0 Å². The van der Waals surface area contributed by atoms with Gasteiger partial charge < -0.3 is 4.98 Å². The molecule has 0 fully saturated rings. The Morgan fingerprint density at radius 3 is 2.54 bits per heavy atom. The van der Waals surface area contributed by atoms with Gasteiger partial charge in [0.25, 0.3) is 0 Å². The van der Waals surface area contributed by atoms with E-state index in [1.54, 1.807) is 6.33 Å². The van der Waals surface area contributed by atoms with Crippen molar-refractivity contribution in [2.75, 3.05) is 0 Å². The first kappa shape index (κ1) is 10.7. The smallest absolute Gasteiger partial charge is 0.104 e. The molecule has 0 saturated heterocycles. The Kier molecular flexibility index (Phi) is 3.26. The van der Waals surface area contributed by atoms with Crippen LogP contribution < -0.4 is 0 Å². The predicted molar refractivity (Wildman–Crippen MR) is 79.3 cm³/mol. The Morgan fingerprint density at radius 1 is 1.15 bits per heavy atom.